The smallest absolute Gasteiger partial charge is 0.253 e. The number of thiophene rings is 1. The van der Waals surface area contributed by atoms with Crippen LogP contribution in [0.25, 0.3) is 0 Å². The zero-order valence-corrected chi connectivity index (χ0v) is 16.9. The van der Waals surface area contributed by atoms with Gasteiger partial charge >= 0.3 is 0 Å². The second kappa shape index (κ2) is 7.86. The van der Waals surface area contributed by atoms with Gasteiger partial charge in [-0.2, -0.15) is 4.31 Å². The van der Waals surface area contributed by atoms with Gasteiger partial charge in [0.2, 0.25) is 10.0 Å². The van der Waals surface area contributed by atoms with Gasteiger partial charge in [-0.05, 0) is 50.4 Å². The van der Waals surface area contributed by atoms with Gasteiger partial charge in [-0.15, -0.1) is 11.3 Å². The van der Waals surface area contributed by atoms with E-state index in [1.807, 2.05) is 24.4 Å². The molecule has 136 valence electrons. The molecular formula is C17H21ClN2O3S2. The number of nitrogens with zero attached hydrogens (tertiary/aromatic N) is 1. The molecule has 1 aromatic carbocycles. The zero-order valence-electron chi connectivity index (χ0n) is 14.5. The van der Waals surface area contributed by atoms with Gasteiger partial charge in [0.1, 0.15) is 0 Å². The summed E-state index contributed by atoms with van der Waals surface area (Å²) in [4.78, 5) is 13.6. The Labute approximate surface area is 157 Å². The summed E-state index contributed by atoms with van der Waals surface area (Å²) >= 11 is 7.66. The van der Waals surface area contributed by atoms with Crippen molar-refractivity contribution >= 4 is 38.9 Å². The Bertz CT molecular complexity index is 849. The minimum absolute atomic E-state index is 0.0435. The third kappa shape index (κ3) is 4.41. The highest BCUT2D eigenvalue weighted by atomic mass is 35.5. The molecule has 1 unspecified atom stereocenters. The summed E-state index contributed by atoms with van der Waals surface area (Å²) in [6.45, 7) is 5.43. The fourth-order valence-electron chi connectivity index (χ4n) is 2.17. The maximum absolute atomic E-state index is 12.6. The molecule has 0 saturated carbocycles. The second-order valence-electron chi connectivity index (χ2n) is 5.97. The van der Waals surface area contributed by atoms with Crippen molar-refractivity contribution in [2.45, 2.75) is 37.8 Å². The molecular weight excluding hydrogens is 380 g/mol. The van der Waals surface area contributed by atoms with Gasteiger partial charge in [0.05, 0.1) is 21.5 Å². The lowest BCUT2D eigenvalue weighted by Crippen LogP contribution is -2.33. The largest absolute Gasteiger partial charge is 0.345 e. The van der Waals surface area contributed by atoms with Gasteiger partial charge < -0.3 is 5.32 Å². The van der Waals surface area contributed by atoms with Gasteiger partial charge in [-0.1, -0.05) is 17.7 Å². The minimum atomic E-state index is -3.69. The molecule has 1 atom stereocenters. The van der Waals surface area contributed by atoms with Gasteiger partial charge in [0.15, 0.2) is 0 Å². The van der Waals surface area contributed by atoms with E-state index in [-0.39, 0.29) is 27.6 Å². The van der Waals surface area contributed by atoms with E-state index in [1.165, 1.54) is 40.9 Å². The summed E-state index contributed by atoms with van der Waals surface area (Å²) in [7, 11) is -2.18. The van der Waals surface area contributed by atoms with E-state index in [0.29, 0.717) is 0 Å². The average molecular weight is 401 g/mol. The van der Waals surface area contributed by atoms with Crippen LogP contribution in [0.5, 0.6) is 0 Å². The molecule has 1 N–H and O–H groups in total. The molecule has 2 rings (SSSR count). The standard InChI is InChI=1S/C17H21ClN2O3S2/c1-11(2)20(4)25(22,23)13-7-8-15(18)14(10-13)17(21)19-12(3)16-6-5-9-24-16/h5-12H,1-4H3,(H,19,21). The van der Waals surface area contributed by atoms with Crippen molar-refractivity contribution in [3.05, 3.63) is 51.2 Å². The molecule has 0 spiro atoms. The van der Waals surface area contributed by atoms with Crippen LogP contribution in [-0.2, 0) is 10.0 Å². The van der Waals surface area contributed by atoms with E-state index in [1.54, 1.807) is 13.8 Å². The first-order valence-corrected chi connectivity index (χ1v) is 10.5. The SMILES string of the molecule is CC(NC(=O)c1cc(S(=O)(=O)N(C)C(C)C)ccc1Cl)c1cccs1. The second-order valence-corrected chi connectivity index (χ2v) is 9.35. The van der Waals surface area contributed by atoms with Crippen LogP contribution in [0.3, 0.4) is 0 Å². The molecule has 0 aliphatic carbocycles. The maximum Gasteiger partial charge on any atom is 0.253 e. The van der Waals surface area contributed by atoms with Crippen molar-refractivity contribution in [1.29, 1.82) is 0 Å². The molecule has 1 aromatic heterocycles. The third-order valence-corrected chi connectivity index (χ3v) is 7.32. The molecule has 0 fully saturated rings. The number of carbonyl (C=O) groups is 1. The summed E-state index contributed by atoms with van der Waals surface area (Å²) < 4.78 is 26.5. The van der Waals surface area contributed by atoms with Crippen LogP contribution in [0.15, 0.2) is 40.6 Å². The van der Waals surface area contributed by atoms with E-state index >= 15 is 0 Å². The fraction of sp³-hybridized carbons (Fsp3) is 0.353. The monoisotopic (exact) mass is 400 g/mol. The molecule has 0 aliphatic rings. The van der Waals surface area contributed by atoms with Crippen molar-refractivity contribution < 1.29 is 13.2 Å². The molecule has 5 nitrogen and oxygen atoms in total. The van der Waals surface area contributed by atoms with Crippen LogP contribution >= 0.6 is 22.9 Å². The van der Waals surface area contributed by atoms with Crippen molar-refractivity contribution in [1.82, 2.24) is 9.62 Å². The van der Waals surface area contributed by atoms with E-state index in [2.05, 4.69) is 5.32 Å². The topological polar surface area (TPSA) is 66.5 Å². The van der Waals surface area contributed by atoms with Gasteiger partial charge in [-0.3, -0.25) is 4.79 Å². The number of carbonyl (C=O) groups excluding carboxylic acids is 1. The van der Waals surface area contributed by atoms with Crippen LogP contribution in [0.2, 0.25) is 5.02 Å². The number of sulfonamides is 1. The average Bonchev–Trinajstić information content (AvgIpc) is 3.08. The van der Waals surface area contributed by atoms with E-state index in [9.17, 15) is 13.2 Å². The predicted octanol–water partition coefficient (Wildman–Crippen LogP) is 3.92. The van der Waals surface area contributed by atoms with Crippen LogP contribution in [0, 0.1) is 0 Å². The first kappa shape index (κ1) is 19.9. The normalized spacial score (nSPS) is 13.2. The van der Waals surface area contributed by atoms with Crippen LogP contribution < -0.4 is 5.32 Å². The first-order valence-electron chi connectivity index (χ1n) is 7.76. The van der Waals surface area contributed by atoms with Crippen molar-refractivity contribution in [3.63, 3.8) is 0 Å². The Morgan fingerprint density at radius 1 is 1.24 bits per heavy atom. The van der Waals surface area contributed by atoms with Crippen molar-refractivity contribution in [2.75, 3.05) is 7.05 Å². The predicted molar refractivity (Wildman–Crippen MR) is 102 cm³/mol. The molecule has 8 heteroatoms. The van der Waals surface area contributed by atoms with Gasteiger partial charge in [0.25, 0.3) is 5.91 Å². The molecule has 0 saturated heterocycles. The van der Waals surface area contributed by atoms with Gasteiger partial charge in [-0.25, -0.2) is 8.42 Å². The number of halogens is 1. The van der Waals surface area contributed by atoms with Gasteiger partial charge in [0, 0.05) is 18.0 Å². The quantitative estimate of drug-likeness (QED) is 0.799. The lowest BCUT2D eigenvalue weighted by atomic mass is 10.2. The Morgan fingerprint density at radius 3 is 2.48 bits per heavy atom. The summed E-state index contributed by atoms with van der Waals surface area (Å²) in [6, 6.07) is 7.62. The van der Waals surface area contributed by atoms with E-state index in [0.717, 1.165) is 4.88 Å². The highest BCUT2D eigenvalue weighted by molar-refractivity contribution is 7.89. The Hall–Kier alpha value is -1.41. The molecule has 1 heterocycles. The minimum Gasteiger partial charge on any atom is -0.345 e. The lowest BCUT2D eigenvalue weighted by molar-refractivity contribution is 0.0940. The summed E-state index contributed by atoms with van der Waals surface area (Å²) in [6.07, 6.45) is 0. The highest BCUT2D eigenvalue weighted by Gasteiger charge is 2.25. The summed E-state index contributed by atoms with van der Waals surface area (Å²) in [5.74, 6) is -0.407. The first-order chi connectivity index (χ1) is 11.6. The number of amides is 1. The number of nitrogens with one attached hydrogen (secondary N) is 1. The fourth-order valence-corrected chi connectivity index (χ4v) is 4.50. The number of rotatable bonds is 6. The molecule has 0 aliphatic heterocycles. The molecule has 2 aromatic rings. The van der Waals surface area contributed by atoms with Crippen molar-refractivity contribution in [2.24, 2.45) is 0 Å². The Kier molecular flexibility index (Phi) is 6.26. The highest BCUT2D eigenvalue weighted by Crippen LogP contribution is 2.25. The lowest BCUT2D eigenvalue weighted by Gasteiger charge is -2.21. The summed E-state index contributed by atoms with van der Waals surface area (Å²) in [5.41, 5.74) is 0.142. The van der Waals surface area contributed by atoms with Crippen LogP contribution in [0.1, 0.15) is 42.0 Å². The molecule has 0 radical (unpaired) electrons. The van der Waals surface area contributed by atoms with E-state index in [4.69, 9.17) is 11.6 Å². The van der Waals surface area contributed by atoms with Crippen LogP contribution in [-0.4, -0.2) is 31.7 Å². The maximum atomic E-state index is 12.6. The number of hydrogen-bond acceptors (Lipinski definition) is 4. The molecule has 1 amide bonds. The van der Waals surface area contributed by atoms with Crippen molar-refractivity contribution in [3.8, 4) is 0 Å². The third-order valence-electron chi connectivity index (χ3n) is 3.90. The zero-order chi connectivity index (χ0) is 18.8. The Morgan fingerprint density at radius 2 is 1.92 bits per heavy atom. The number of hydrogen-bond donors (Lipinski definition) is 1. The van der Waals surface area contributed by atoms with E-state index < -0.39 is 15.9 Å². The van der Waals surface area contributed by atoms with Crippen LogP contribution in [0.4, 0.5) is 0 Å². The molecule has 0 bridgehead atoms. The Balaban J connectivity index is 2.31. The molecule has 25 heavy (non-hydrogen) atoms. The number of benzene rings is 1. The summed E-state index contributed by atoms with van der Waals surface area (Å²) in [5, 5.41) is 4.99.